The quantitative estimate of drug-likeness (QED) is 0.412. The standard InChI is InChI=1S/C20H22FN3O2/c21-18-12-10-17(11-13-18)15-23-24-20(26)9-5-4-8-19(25)22-14-16-6-2-1-3-7-16/h1-3,6-7,10-13,15H,4-5,8-9,14H2,(H,22,25)(H,24,26). The summed E-state index contributed by atoms with van der Waals surface area (Å²) in [4.78, 5) is 23.4. The highest BCUT2D eigenvalue weighted by atomic mass is 19.1. The van der Waals surface area contributed by atoms with Gasteiger partial charge in [0, 0.05) is 19.4 Å². The van der Waals surface area contributed by atoms with Gasteiger partial charge in [0.15, 0.2) is 0 Å². The van der Waals surface area contributed by atoms with Gasteiger partial charge in [-0.05, 0) is 36.1 Å². The number of halogens is 1. The van der Waals surface area contributed by atoms with E-state index in [9.17, 15) is 14.0 Å². The minimum Gasteiger partial charge on any atom is -0.352 e. The Morgan fingerprint density at radius 2 is 1.58 bits per heavy atom. The van der Waals surface area contributed by atoms with Gasteiger partial charge in [-0.15, -0.1) is 0 Å². The highest BCUT2D eigenvalue weighted by molar-refractivity contribution is 5.82. The van der Waals surface area contributed by atoms with Crippen molar-refractivity contribution in [1.82, 2.24) is 10.7 Å². The average molecular weight is 355 g/mol. The fraction of sp³-hybridized carbons (Fsp3) is 0.250. The highest BCUT2D eigenvalue weighted by Gasteiger charge is 2.03. The second-order valence-electron chi connectivity index (χ2n) is 5.81. The predicted molar refractivity (Wildman–Crippen MR) is 98.9 cm³/mol. The molecular weight excluding hydrogens is 333 g/mol. The SMILES string of the molecule is O=C(CCCCC(=O)NN=Cc1ccc(F)cc1)NCc1ccccc1. The van der Waals surface area contributed by atoms with Crippen molar-refractivity contribution in [3.8, 4) is 0 Å². The Hall–Kier alpha value is -3.02. The lowest BCUT2D eigenvalue weighted by Gasteiger charge is -2.05. The van der Waals surface area contributed by atoms with E-state index in [1.54, 1.807) is 12.1 Å². The number of amides is 2. The lowest BCUT2D eigenvalue weighted by molar-refractivity contribution is -0.123. The molecule has 0 aliphatic carbocycles. The zero-order valence-electron chi connectivity index (χ0n) is 14.5. The molecule has 2 aromatic rings. The molecule has 26 heavy (non-hydrogen) atoms. The van der Waals surface area contributed by atoms with Crippen molar-refractivity contribution in [2.45, 2.75) is 32.2 Å². The molecule has 0 aliphatic rings. The molecule has 5 nitrogen and oxygen atoms in total. The van der Waals surface area contributed by atoms with E-state index in [0.29, 0.717) is 37.8 Å². The molecule has 2 rings (SSSR count). The van der Waals surface area contributed by atoms with Crippen LogP contribution in [0.3, 0.4) is 0 Å². The monoisotopic (exact) mass is 355 g/mol. The number of hydrazone groups is 1. The summed E-state index contributed by atoms with van der Waals surface area (Å²) in [5, 5.41) is 6.68. The third kappa shape index (κ3) is 7.70. The zero-order valence-corrected chi connectivity index (χ0v) is 14.5. The summed E-state index contributed by atoms with van der Waals surface area (Å²) < 4.78 is 12.8. The summed E-state index contributed by atoms with van der Waals surface area (Å²) in [5.41, 5.74) is 4.17. The van der Waals surface area contributed by atoms with Crippen molar-refractivity contribution < 1.29 is 14.0 Å². The molecule has 0 unspecified atom stereocenters. The molecule has 6 heteroatoms. The number of hydrogen-bond donors (Lipinski definition) is 2. The third-order valence-corrected chi connectivity index (χ3v) is 3.66. The van der Waals surface area contributed by atoms with E-state index in [2.05, 4.69) is 15.8 Å². The number of carbonyl (C=O) groups excluding carboxylic acids is 2. The maximum absolute atomic E-state index is 12.8. The summed E-state index contributed by atoms with van der Waals surface area (Å²) in [7, 11) is 0. The fourth-order valence-corrected chi connectivity index (χ4v) is 2.24. The number of benzene rings is 2. The van der Waals surface area contributed by atoms with Crippen LogP contribution in [-0.4, -0.2) is 18.0 Å². The van der Waals surface area contributed by atoms with Gasteiger partial charge in [0.1, 0.15) is 5.82 Å². The Labute approximate surface area is 152 Å². The van der Waals surface area contributed by atoms with Crippen molar-refractivity contribution in [3.63, 3.8) is 0 Å². The van der Waals surface area contributed by atoms with E-state index in [0.717, 1.165) is 5.56 Å². The summed E-state index contributed by atoms with van der Waals surface area (Å²) in [5.74, 6) is -0.560. The molecule has 2 aromatic carbocycles. The van der Waals surface area contributed by atoms with Gasteiger partial charge in [0.25, 0.3) is 0 Å². The van der Waals surface area contributed by atoms with Gasteiger partial charge >= 0.3 is 0 Å². The zero-order chi connectivity index (χ0) is 18.6. The van der Waals surface area contributed by atoms with E-state index in [1.165, 1.54) is 18.3 Å². The van der Waals surface area contributed by atoms with Gasteiger partial charge in [-0.25, -0.2) is 9.82 Å². The van der Waals surface area contributed by atoms with E-state index < -0.39 is 0 Å². The van der Waals surface area contributed by atoms with E-state index in [1.807, 2.05) is 30.3 Å². The molecule has 2 N–H and O–H groups in total. The van der Waals surface area contributed by atoms with E-state index in [4.69, 9.17) is 0 Å². The van der Waals surface area contributed by atoms with Crippen LogP contribution in [-0.2, 0) is 16.1 Å². The van der Waals surface area contributed by atoms with Gasteiger partial charge < -0.3 is 5.32 Å². The lowest BCUT2D eigenvalue weighted by Crippen LogP contribution is -2.22. The maximum atomic E-state index is 12.8. The summed E-state index contributed by atoms with van der Waals surface area (Å²) in [6.07, 6.45) is 3.38. The topological polar surface area (TPSA) is 70.6 Å². The third-order valence-electron chi connectivity index (χ3n) is 3.66. The molecule has 0 heterocycles. The van der Waals surface area contributed by atoms with Crippen LogP contribution in [0.25, 0.3) is 0 Å². The van der Waals surface area contributed by atoms with Crippen LogP contribution >= 0.6 is 0 Å². The second-order valence-corrected chi connectivity index (χ2v) is 5.81. The average Bonchev–Trinajstić information content (AvgIpc) is 2.66. The van der Waals surface area contributed by atoms with Crippen LogP contribution in [0.2, 0.25) is 0 Å². The molecule has 0 aliphatic heterocycles. The molecule has 0 aromatic heterocycles. The number of rotatable bonds is 9. The number of unbranched alkanes of at least 4 members (excludes halogenated alkanes) is 1. The van der Waals surface area contributed by atoms with Crippen molar-refractivity contribution in [2.24, 2.45) is 5.10 Å². The van der Waals surface area contributed by atoms with Crippen molar-refractivity contribution in [1.29, 1.82) is 0 Å². The van der Waals surface area contributed by atoms with Crippen LogP contribution in [0.1, 0.15) is 36.8 Å². The molecule has 0 fully saturated rings. The Balaban J connectivity index is 1.55. The van der Waals surface area contributed by atoms with Crippen LogP contribution in [0.5, 0.6) is 0 Å². The molecule has 0 saturated heterocycles. The first-order valence-electron chi connectivity index (χ1n) is 8.51. The highest BCUT2D eigenvalue weighted by Crippen LogP contribution is 2.02. The number of carbonyl (C=O) groups is 2. The van der Waals surface area contributed by atoms with Crippen LogP contribution in [0.4, 0.5) is 4.39 Å². The molecule has 0 radical (unpaired) electrons. The number of nitrogens with one attached hydrogen (secondary N) is 2. The number of hydrogen-bond acceptors (Lipinski definition) is 3. The van der Waals surface area contributed by atoms with Crippen LogP contribution in [0.15, 0.2) is 59.7 Å². The maximum Gasteiger partial charge on any atom is 0.240 e. The number of nitrogens with zero attached hydrogens (tertiary/aromatic N) is 1. The summed E-state index contributed by atoms with van der Waals surface area (Å²) >= 11 is 0. The molecule has 136 valence electrons. The predicted octanol–water partition coefficient (Wildman–Crippen LogP) is 3.15. The fourth-order valence-electron chi connectivity index (χ4n) is 2.24. The first-order chi connectivity index (χ1) is 12.6. The van der Waals surface area contributed by atoms with Crippen molar-refractivity contribution >= 4 is 18.0 Å². The molecule has 2 amide bonds. The Morgan fingerprint density at radius 1 is 0.923 bits per heavy atom. The van der Waals surface area contributed by atoms with E-state index >= 15 is 0 Å². The van der Waals surface area contributed by atoms with Gasteiger partial charge in [0.2, 0.25) is 11.8 Å². The van der Waals surface area contributed by atoms with Crippen molar-refractivity contribution in [2.75, 3.05) is 0 Å². The normalized spacial score (nSPS) is 10.7. The van der Waals surface area contributed by atoms with Gasteiger partial charge in [0.05, 0.1) is 6.21 Å². The first kappa shape index (κ1) is 19.3. The lowest BCUT2D eigenvalue weighted by atomic mass is 10.1. The minimum absolute atomic E-state index is 0.0245. The Morgan fingerprint density at radius 3 is 2.27 bits per heavy atom. The second kappa shape index (κ2) is 10.8. The van der Waals surface area contributed by atoms with E-state index in [-0.39, 0.29) is 17.6 Å². The molecule has 0 saturated carbocycles. The van der Waals surface area contributed by atoms with Crippen molar-refractivity contribution in [3.05, 3.63) is 71.5 Å². The molecule has 0 atom stereocenters. The Bertz CT molecular complexity index is 730. The molecule has 0 spiro atoms. The van der Waals surface area contributed by atoms with Gasteiger partial charge in [-0.3, -0.25) is 9.59 Å². The van der Waals surface area contributed by atoms with Crippen LogP contribution < -0.4 is 10.7 Å². The Kier molecular flexibility index (Phi) is 7.99. The van der Waals surface area contributed by atoms with Gasteiger partial charge in [-0.2, -0.15) is 5.10 Å². The largest absolute Gasteiger partial charge is 0.352 e. The minimum atomic E-state index is -0.320. The van der Waals surface area contributed by atoms with Crippen LogP contribution in [0, 0.1) is 5.82 Å². The molecule has 0 bridgehead atoms. The first-order valence-corrected chi connectivity index (χ1v) is 8.51. The molecular formula is C20H22FN3O2. The summed E-state index contributed by atoms with van der Waals surface area (Å²) in [6, 6.07) is 15.5. The summed E-state index contributed by atoms with van der Waals surface area (Å²) in [6.45, 7) is 0.512. The van der Waals surface area contributed by atoms with Gasteiger partial charge in [-0.1, -0.05) is 42.5 Å². The smallest absolute Gasteiger partial charge is 0.240 e.